The van der Waals surface area contributed by atoms with E-state index in [2.05, 4.69) is 13.0 Å². The average molecular weight is 234 g/mol. The number of rotatable bonds is 6. The van der Waals surface area contributed by atoms with Crippen LogP contribution in [0.15, 0.2) is 18.2 Å². The SMILES string of the molecule is CCCN(CCO)c1cc(OC)ccc1C#N. The number of anilines is 1. The lowest BCUT2D eigenvalue weighted by Gasteiger charge is -2.24. The van der Waals surface area contributed by atoms with Crippen LogP contribution in [0.4, 0.5) is 5.69 Å². The van der Waals surface area contributed by atoms with E-state index in [1.54, 1.807) is 19.2 Å². The van der Waals surface area contributed by atoms with Gasteiger partial charge in [-0.2, -0.15) is 5.26 Å². The van der Waals surface area contributed by atoms with Crippen LogP contribution in [-0.2, 0) is 0 Å². The first-order valence-electron chi connectivity index (χ1n) is 5.70. The van der Waals surface area contributed by atoms with Gasteiger partial charge in [0.25, 0.3) is 0 Å². The Labute approximate surface area is 102 Å². The Kier molecular flexibility index (Phi) is 5.31. The van der Waals surface area contributed by atoms with E-state index in [9.17, 15) is 0 Å². The molecule has 1 aromatic carbocycles. The third kappa shape index (κ3) is 3.36. The Morgan fingerprint density at radius 1 is 1.41 bits per heavy atom. The largest absolute Gasteiger partial charge is 0.497 e. The van der Waals surface area contributed by atoms with Crippen molar-refractivity contribution in [1.82, 2.24) is 0 Å². The predicted molar refractivity (Wildman–Crippen MR) is 67.3 cm³/mol. The van der Waals surface area contributed by atoms with Crippen LogP contribution in [0.3, 0.4) is 0 Å². The van der Waals surface area contributed by atoms with E-state index in [1.165, 1.54) is 0 Å². The molecule has 0 fully saturated rings. The molecule has 0 aromatic heterocycles. The number of methoxy groups -OCH3 is 1. The fourth-order valence-electron chi connectivity index (χ4n) is 1.74. The molecule has 92 valence electrons. The number of aliphatic hydroxyl groups excluding tert-OH is 1. The molecule has 0 bridgehead atoms. The van der Waals surface area contributed by atoms with Gasteiger partial charge in [0.2, 0.25) is 0 Å². The van der Waals surface area contributed by atoms with Gasteiger partial charge in [-0.1, -0.05) is 6.92 Å². The molecule has 17 heavy (non-hydrogen) atoms. The lowest BCUT2D eigenvalue weighted by molar-refractivity contribution is 0.301. The molecule has 0 aliphatic heterocycles. The van der Waals surface area contributed by atoms with Crippen molar-refractivity contribution in [1.29, 1.82) is 5.26 Å². The van der Waals surface area contributed by atoms with Crippen molar-refractivity contribution >= 4 is 5.69 Å². The van der Waals surface area contributed by atoms with Crippen molar-refractivity contribution in [2.75, 3.05) is 31.7 Å². The van der Waals surface area contributed by atoms with E-state index < -0.39 is 0 Å². The van der Waals surface area contributed by atoms with Crippen LogP contribution in [0.5, 0.6) is 5.75 Å². The molecule has 1 rings (SSSR count). The summed E-state index contributed by atoms with van der Waals surface area (Å²) < 4.78 is 5.16. The molecule has 0 aliphatic rings. The van der Waals surface area contributed by atoms with E-state index in [4.69, 9.17) is 15.1 Å². The summed E-state index contributed by atoms with van der Waals surface area (Å²) in [5, 5.41) is 18.1. The second kappa shape index (κ2) is 6.77. The number of ether oxygens (including phenoxy) is 1. The summed E-state index contributed by atoms with van der Waals surface area (Å²) in [6, 6.07) is 7.52. The summed E-state index contributed by atoms with van der Waals surface area (Å²) in [5.74, 6) is 0.720. The van der Waals surface area contributed by atoms with Gasteiger partial charge in [0.05, 0.1) is 25.0 Å². The van der Waals surface area contributed by atoms with Crippen LogP contribution in [0, 0.1) is 11.3 Å². The van der Waals surface area contributed by atoms with Crippen LogP contribution in [0.1, 0.15) is 18.9 Å². The molecule has 0 heterocycles. The lowest BCUT2D eigenvalue weighted by Crippen LogP contribution is -2.28. The molecule has 0 saturated heterocycles. The Morgan fingerprint density at radius 2 is 2.18 bits per heavy atom. The van der Waals surface area contributed by atoms with E-state index in [-0.39, 0.29) is 6.61 Å². The monoisotopic (exact) mass is 234 g/mol. The highest BCUT2D eigenvalue weighted by Gasteiger charge is 2.11. The fourth-order valence-corrected chi connectivity index (χ4v) is 1.74. The second-order valence-electron chi connectivity index (χ2n) is 3.71. The van der Waals surface area contributed by atoms with Crippen molar-refractivity contribution in [3.63, 3.8) is 0 Å². The van der Waals surface area contributed by atoms with E-state index in [0.717, 1.165) is 24.4 Å². The molecule has 0 amide bonds. The standard InChI is InChI=1S/C13H18N2O2/c1-3-6-15(7-8-16)13-9-12(17-2)5-4-11(13)10-14/h4-5,9,16H,3,6-8H2,1-2H3. The molecule has 0 atom stereocenters. The van der Waals surface area contributed by atoms with Gasteiger partial charge in [0.15, 0.2) is 0 Å². The van der Waals surface area contributed by atoms with Gasteiger partial charge >= 0.3 is 0 Å². The Balaban J connectivity index is 3.09. The lowest BCUT2D eigenvalue weighted by atomic mass is 10.1. The number of hydrogen-bond donors (Lipinski definition) is 1. The molecular weight excluding hydrogens is 216 g/mol. The Bertz CT molecular complexity index is 393. The van der Waals surface area contributed by atoms with Gasteiger partial charge in [-0.05, 0) is 18.6 Å². The second-order valence-corrected chi connectivity index (χ2v) is 3.71. The van der Waals surface area contributed by atoms with Crippen LogP contribution >= 0.6 is 0 Å². The fraction of sp³-hybridized carbons (Fsp3) is 0.462. The van der Waals surface area contributed by atoms with Gasteiger partial charge in [0, 0.05) is 19.2 Å². The van der Waals surface area contributed by atoms with Gasteiger partial charge in [0.1, 0.15) is 11.8 Å². The van der Waals surface area contributed by atoms with E-state index >= 15 is 0 Å². The summed E-state index contributed by atoms with van der Waals surface area (Å²) >= 11 is 0. The molecule has 1 N–H and O–H groups in total. The maximum atomic E-state index is 9.09. The van der Waals surface area contributed by atoms with Crippen LogP contribution < -0.4 is 9.64 Å². The average Bonchev–Trinajstić information content (AvgIpc) is 2.37. The minimum absolute atomic E-state index is 0.0715. The summed E-state index contributed by atoms with van der Waals surface area (Å²) in [7, 11) is 1.60. The zero-order chi connectivity index (χ0) is 12.7. The zero-order valence-corrected chi connectivity index (χ0v) is 10.3. The first-order chi connectivity index (χ1) is 8.26. The normalized spacial score (nSPS) is 9.76. The van der Waals surface area contributed by atoms with E-state index in [1.807, 2.05) is 11.0 Å². The van der Waals surface area contributed by atoms with Crippen LogP contribution in [0.2, 0.25) is 0 Å². The molecule has 0 saturated carbocycles. The molecule has 4 heteroatoms. The Morgan fingerprint density at radius 3 is 2.71 bits per heavy atom. The summed E-state index contributed by atoms with van der Waals surface area (Å²) in [6.45, 7) is 3.47. The first-order valence-corrected chi connectivity index (χ1v) is 5.70. The number of nitriles is 1. The summed E-state index contributed by atoms with van der Waals surface area (Å²) in [6.07, 6.45) is 0.960. The Hall–Kier alpha value is -1.73. The maximum Gasteiger partial charge on any atom is 0.121 e. The van der Waals surface area contributed by atoms with Gasteiger partial charge in [-0.15, -0.1) is 0 Å². The minimum atomic E-state index is 0.0715. The molecule has 4 nitrogen and oxygen atoms in total. The third-order valence-corrected chi connectivity index (χ3v) is 2.53. The highest BCUT2D eigenvalue weighted by molar-refractivity contribution is 5.62. The first kappa shape index (κ1) is 13.3. The van der Waals surface area contributed by atoms with Gasteiger partial charge in [-0.25, -0.2) is 0 Å². The molecule has 0 unspecified atom stereocenters. The highest BCUT2D eigenvalue weighted by atomic mass is 16.5. The molecule has 0 spiro atoms. The molecule has 0 aliphatic carbocycles. The van der Waals surface area contributed by atoms with Crippen molar-refractivity contribution in [3.05, 3.63) is 23.8 Å². The number of nitrogens with zero attached hydrogens (tertiary/aromatic N) is 2. The van der Waals surface area contributed by atoms with Crippen LogP contribution in [0.25, 0.3) is 0 Å². The maximum absolute atomic E-state index is 9.09. The third-order valence-electron chi connectivity index (χ3n) is 2.53. The molecule has 1 aromatic rings. The highest BCUT2D eigenvalue weighted by Crippen LogP contribution is 2.25. The number of hydrogen-bond acceptors (Lipinski definition) is 4. The predicted octanol–water partition coefficient (Wildman–Crippen LogP) is 1.78. The zero-order valence-electron chi connectivity index (χ0n) is 10.3. The minimum Gasteiger partial charge on any atom is -0.497 e. The van der Waals surface area contributed by atoms with Crippen molar-refractivity contribution in [3.8, 4) is 11.8 Å². The van der Waals surface area contributed by atoms with Crippen molar-refractivity contribution in [2.45, 2.75) is 13.3 Å². The van der Waals surface area contributed by atoms with Crippen molar-refractivity contribution < 1.29 is 9.84 Å². The summed E-state index contributed by atoms with van der Waals surface area (Å²) in [4.78, 5) is 2.00. The van der Waals surface area contributed by atoms with Gasteiger partial charge < -0.3 is 14.7 Å². The van der Waals surface area contributed by atoms with Gasteiger partial charge in [-0.3, -0.25) is 0 Å². The van der Waals surface area contributed by atoms with Crippen LogP contribution in [-0.4, -0.2) is 31.9 Å². The van der Waals surface area contributed by atoms with Crippen molar-refractivity contribution in [2.24, 2.45) is 0 Å². The van der Waals surface area contributed by atoms with E-state index in [0.29, 0.717) is 12.1 Å². The number of benzene rings is 1. The quantitative estimate of drug-likeness (QED) is 0.815. The molecular formula is C13H18N2O2. The summed E-state index contributed by atoms with van der Waals surface area (Å²) in [5.41, 5.74) is 1.43. The number of aliphatic hydroxyl groups is 1. The smallest absolute Gasteiger partial charge is 0.121 e. The molecule has 0 radical (unpaired) electrons. The topological polar surface area (TPSA) is 56.5 Å².